The van der Waals surface area contributed by atoms with Crippen molar-refractivity contribution in [2.24, 2.45) is 0 Å². The first-order valence-electron chi connectivity index (χ1n) is 2.81. The van der Waals surface area contributed by atoms with E-state index >= 15 is 0 Å². The summed E-state index contributed by atoms with van der Waals surface area (Å²) < 4.78 is 81.4. The Balaban J connectivity index is 5.01. The molecule has 0 unspecified atom stereocenters. The van der Waals surface area contributed by atoms with Crippen molar-refractivity contribution in [2.45, 2.75) is 19.5 Å². The number of halogens is 7. The minimum absolute atomic E-state index is 0.362. The lowest BCUT2D eigenvalue weighted by Crippen LogP contribution is -2.46. The van der Waals surface area contributed by atoms with Crippen LogP contribution in [-0.4, -0.2) is 17.5 Å². The van der Waals surface area contributed by atoms with Crippen LogP contribution in [0.1, 0.15) is 6.92 Å². The lowest BCUT2D eigenvalue weighted by atomic mass is 10.5. The number of allylic oxidation sites excluding steroid dienone is 1. The highest BCUT2D eigenvalue weighted by atomic mass is 19.4. The fourth-order valence-corrected chi connectivity index (χ4v) is 0.592. The normalized spacial score (nSPS) is 14.6. The van der Waals surface area contributed by atoms with Crippen LogP contribution in [0.4, 0.5) is 30.7 Å². The van der Waals surface area contributed by atoms with E-state index in [9.17, 15) is 30.7 Å². The maximum atomic E-state index is 11.7. The van der Waals surface area contributed by atoms with E-state index < -0.39 is 29.5 Å². The fourth-order valence-electron chi connectivity index (χ4n) is 0.592. The van der Waals surface area contributed by atoms with Crippen LogP contribution in [0.2, 0.25) is 0 Å². The van der Waals surface area contributed by atoms with E-state index in [0.717, 1.165) is 0 Å². The van der Waals surface area contributed by atoms with Crippen LogP contribution in [0, 0.1) is 0 Å². The van der Waals surface area contributed by atoms with Gasteiger partial charge >= 0.3 is 12.6 Å². The highest BCUT2D eigenvalue weighted by molar-refractivity contribution is 4.95. The Kier molecular flexibility index (Phi) is 3.18. The number of rotatable bonds is 1. The van der Waals surface area contributed by atoms with Crippen molar-refractivity contribution in [3.05, 3.63) is 12.0 Å². The predicted molar refractivity (Wildman–Crippen MR) is 28.8 cm³/mol. The van der Waals surface area contributed by atoms with Gasteiger partial charge in [-0.3, -0.25) is 0 Å². The van der Waals surface area contributed by atoms with Gasteiger partial charge in [0.15, 0.2) is 0 Å². The topological polar surface area (TPSA) is 3.24 Å². The van der Waals surface area contributed by atoms with Gasteiger partial charge in [0, 0.05) is 0 Å². The summed E-state index contributed by atoms with van der Waals surface area (Å²) in [5.41, 5.74) is -1.57. The van der Waals surface area contributed by atoms with Gasteiger partial charge in [-0.2, -0.15) is 4.90 Å². The Morgan fingerprint density at radius 1 is 1.00 bits per heavy atom. The maximum Gasteiger partial charge on any atom is 0.491 e. The van der Waals surface area contributed by atoms with Gasteiger partial charge < -0.3 is 0 Å². The molecule has 0 aliphatic carbocycles. The molecule has 0 rings (SSSR count). The summed E-state index contributed by atoms with van der Waals surface area (Å²) in [6.07, 6.45) is -12.1. The Morgan fingerprint density at radius 2 is 1.31 bits per heavy atom. The van der Waals surface area contributed by atoms with Gasteiger partial charge in [0.05, 0.1) is 5.70 Å². The molecule has 78 valence electrons. The standard InChI is InChI=1S/C5H4F7N/c1-3(2-6)13(4(7,8)9)5(10,11)12/h2H,1H3/b3-2+. The molecular weight excluding hydrogens is 207 g/mol. The number of hydrogen-bond acceptors (Lipinski definition) is 1. The summed E-state index contributed by atoms with van der Waals surface area (Å²) in [6.45, 7) is 0.362. The van der Waals surface area contributed by atoms with Gasteiger partial charge in [0.2, 0.25) is 0 Å². The molecule has 1 nitrogen and oxygen atoms in total. The zero-order chi connectivity index (χ0) is 10.9. The first kappa shape index (κ1) is 12.0. The molecule has 0 amide bonds. The largest absolute Gasteiger partial charge is 0.491 e. The van der Waals surface area contributed by atoms with Crippen molar-refractivity contribution in [3.8, 4) is 0 Å². The van der Waals surface area contributed by atoms with E-state index in [4.69, 9.17) is 0 Å². The zero-order valence-electron chi connectivity index (χ0n) is 6.17. The minimum atomic E-state index is -5.68. The number of nitrogens with zero attached hydrogens (tertiary/aromatic N) is 1. The molecule has 0 fully saturated rings. The third-order valence-electron chi connectivity index (χ3n) is 1.02. The smallest absolute Gasteiger partial charge is 0.214 e. The zero-order valence-corrected chi connectivity index (χ0v) is 6.17. The fraction of sp³-hybridized carbons (Fsp3) is 0.600. The molecule has 0 heterocycles. The third kappa shape index (κ3) is 3.11. The molecule has 0 aliphatic heterocycles. The average molecular weight is 211 g/mol. The van der Waals surface area contributed by atoms with Crippen LogP contribution in [-0.2, 0) is 0 Å². The maximum absolute atomic E-state index is 11.7. The van der Waals surface area contributed by atoms with Crippen LogP contribution in [0.3, 0.4) is 0 Å². The first-order valence-corrected chi connectivity index (χ1v) is 2.81. The average Bonchev–Trinajstić information content (AvgIpc) is 1.80. The van der Waals surface area contributed by atoms with E-state index in [0.29, 0.717) is 6.92 Å². The summed E-state index contributed by atoms with van der Waals surface area (Å²) in [5.74, 6) is 0. The van der Waals surface area contributed by atoms with Gasteiger partial charge in [0.1, 0.15) is 6.33 Å². The molecule has 0 N–H and O–H groups in total. The van der Waals surface area contributed by atoms with Crippen LogP contribution >= 0.6 is 0 Å². The van der Waals surface area contributed by atoms with Crippen LogP contribution in [0.15, 0.2) is 12.0 Å². The molecule has 0 saturated heterocycles. The highest BCUT2D eigenvalue weighted by Crippen LogP contribution is 2.36. The van der Waals surface area contributed by atoms with Crippen LogP contribution in [0.5, 0.6) is 0 Å². The summed E-state index contributed by atoms with van der Waals surface area (Å²) in [6, 6.07) is 0. The molecule has 0 atom stereocenters. The lowest BCUT2D eigenvalue weighted by molar-refractivity contribution is -0.359. The van der Waals surface area contributed by atoms with Gasteiger partial charge in [-0.1, -0.05) is 0 Å². The van der Waals surface area contributed by atoms with Crippen LogP contribution in [0.25, 0.3) is 0 Å². The molecule has 0 radical (unpaired) electrons. The molecule has 0 bridgehead atoms. The molecule has 0 saturated carbocycles. The first-order chi connectivity index (χ1) is 5.60. The van der Waals surface area contributed by atoms with Gasteiger partial charge in [-0.15, -0.1) is 26.3 Å². The van der Waals surface area contributed by atoms with Gasteiger partial charge in [0.25, 0.3) is 0 Å². The Morgan fingerprint density at radius 3 is 1.38 bits per heavy atom. The third-order valence-corrected chi connectivity index (χ3v) is 1.02. The van der Waals surface area contributed by atoms with Crippen molar-refractivity contribution < 1.29 is 30.7 Å². The van der Waals surface area contributed by atoms with Crippen LogP contribution < -0.4 is 0 Å². The second-order valence-corrected chi connectivity index (χ2v) is 2.02. The number of alkyl halides is 6. The molecule has 0 aromatic heterocycles. The summed E-state index contributed by atoms with van der Waals surface area (Å²) in [7, 11) is 0. The predicted octanol–water partition coefficient (Wildman–Crippen LogP) is 3.16. The minimum Gasteiger partial charge on any atom is -0.214 e. The van der Waals surface area contributed by atoms with Crippen molar-refractivity contribution >= 4 is 0 Å². The molecule has 0 spiro atoms. The molecule has 13 heavy (non-hydrogen) atoms. The van der Waals surface area contributed by atoms with E-state index in [1.807, 2.05) is 0 Å². The van der Waals surface area contributed by atoms with Crippen molar-refractivity contribution in [1.82, 2.24) is 4.90 Å². The monoisotopic (exact) mass is 211 g/mol. The molecule has 8 heteroatoms. The van der Waals surface area contributed by atoms with Gasteiger partial charge in [-0.25, -0.2) is 4.39 Å². The second kappa shape index (κ2) is 3.43. The summed E-state index contributed by atoms with van der Waals surface area (Å²) in [5, 5.41) is 0. The van der Waals surface area contributed by atoms with E-state index in [1.165, 1.54) is 0 Å². The molecular formula is C5H4F7N. The van der Waals surface area contributed by atoms with Crippen molar-refractivity contribution in [2.75, 3.05) is 0 Å². The molecule has 0 aromatic rings. The molecule has 0 aromatic carbocycles. The second-order valence-electron chi connectivity index (χ2n) is 2.02. The lowest BCUT2D eigenvalue weighted by Gasteiger charge is -2.28. The summed E-state index contributed by atoms with van der Waals surface area (Å²) in [4.78, 5) is -1.92. The number of hydrogen-bond donors (Lipinski definition) is 0. The van der Waals surface area contributed by atoms with Crippen molar-refractivity contribution in [1.29, 1.82) is 0 Å². The highest BCUT2D eigenvalue weighted by Gasteiger charge is 2.53. The SMILES string of the molecule is C/C(=C\F)N(C(F)(F)F)C(F)(F)F. The van der Waals surface area contributed by atoms with E-state index in [-0.39, 0.29) is 0 Å². The quantitative estimate of drug-likeness (QED) is 0.475. The Labute approximate surface area is 68.4 Å². The Bertz CT molecular complexity index is 186. The van der Waals surface area contributed by atoms with Gasteiger partial charge in [-0.05, 0) is 6.92 Å². The Hall–Kier alpha value is -0.950. The van der Waals surface area contributed by atoms with Crippen molar-refractivity contribution in [3.63, 3.8) is 0 Å². The molecule has 0 aliphatic rings. The van der Waals surface area contributed by atoms with E-state index in [2.05, 4.69) is 0 Å². The summed E-state index contributed by atoms with van der Waals surface area (Å²) >= 11 is 0. The van der Waals surface area contributed by atoms with E-state index in [1.54, 1.807) is 0 Å².